The first-order chi connectivity index (χ1) is 16.4. The van der Waals surface area contributed by atoms with Crippen LogP contribution in [-0.2, 0) is 6.54 Å². The van der Waals surface area contributed by atoms with Crippen molar-refractivity contribution in [1.29, 1.82) is 0 Å². The number of carbonyl (C=O) groups excluding carboxylic acids is 2. The first kappa shape index (κ1) is 23.4. The third-order valence-corrected chi connectivity index (χ3v) is 5.76. The molecule has 0 bridgehead atoms. The van der Waals surface area contributed by atoms with Gasteiger partial charge in [0.05, 0.1) is 18.7 Å². The zero-order chi connectivity index (χ0) is 24.1. The number of hydrogen-bond donors (Lipinski definition) is 2. The Bertz CT molecular complexity index is 1190. The fraction of sp³-hybridized carbons (Fsp3) is 0.200. The molecule has 0 aromatic heterocycles. The summed E-state index contributed by atoms with van der Waals surface area (Å²) in [7, 11) is 1.56. The fourth-order valence-electron chi connectivity index (χ4n) is 3.76. The number of anilines is 3. The van der Waals surface area contributed by atoms with E-state index in [4.69, 9.17) is 16.3 Å². The van der Waals surface area contributed by atoms with E-state index in [0.29, 0.717) is 41.5 Å². The quantitative estimate of drug-likeness (QED) is 0.455. The molecule has 2 N–H and O–H groups in total. The van der Waals surface area contributed by atoms with Crippen LogP contribution in [0.3, 0.4) is 0 Å². The molecule has 0 saturated carbocycles. The van der Waals surface area contributed by atoms with Crippen LogP contribution in [0.4, 0.5) is 31.0 Å². The lowest BCUT2D eigenvalue weighted by atomic mass is 10.1. The minimum atomic E-state index is -0.503. The van der Waals surface area contributed by atoms with Gasteiger partial charge in [-0.1, -0.05) is 29.8 Å². The SMILES string of the molecule is COc1cccc(NC(=O)Nc2ccc(N3CCCN(Cc4cccc(Cl)c4F)C3=O)cc2)c1. The monoisotopic (exact) mass is 482 g/mol. The molecule has 1 fully saturated rings. The number of hydrogen-bond acceptors (Lipinski definition) is 3. The van der Waals surface area contributed by atoms with E-state index in [0.717, 1.165) is 6.42 Å². The molecule has 176 valence electrons. The highest BCUT2D eigenvalue weighted by molar-refractivity contribution is 6.30. The molecule has 0 unspecified atom stereocenters. The number of benzene rings is 3. The third-order valence-electron chi connectivity index (χ3n) is 5.47. The standard InChI is InChI=1S/C25H24ClFN4O3/c1-34-21-7-3-6-19(15-21)29-24(32)28-18-9-11-20(12-10-18)31-14-4-13-30(25(31)33)16-17-5-2-8-22(26)23(17)27/h2-3,5-12,15H,4,13-14,16H2,1H3,(H2,28,29,32). The van der Waals surface area contributed by atoms with Crippen molar-refractivity contribution in [2.24, 2.45) is 0 Å². The first-order valence-electron chi connectivity index (χ1n) is 10.8. The summed E-state index contributed by atoms with van der Waals surface area (Å²) in [6, 6.07) is 18.2. The van der Waals surface area contributed by atoms with Crippen LogP contribution >= 0.6 is 11.6 Å². The lowest BCUT2D eigenvalue weighted by molar-refractivity contribution is 0.192. The van der Waals surface area contributed by atoms with Crippen LogP contribution in [0, 0.1) is 5.82 Å². The number of rotatable bonds is 6. The third kappa shape index (κ3) is 5.40. The Morgan fingerprint density at radius 2 is 1.76 bits per heavy atom. The van der Waals surface area contributed by atoms with E-state index in [1.54, 1.807) is 77.6 Å². The summed E-state index contributed by atoms with van der Waals surface area (Å²) in [6.07, 6.45) is 0.747. The molecular weight excluding hydrogens is 459 g/mol. The predicted octanol–water partition coefficient (Wildman–Crippen LogP) is 5.96. The smallest absolute Gasteiger partial charge is 0.324 e. The summed E-state index contributed by atoms with van der Waals surface area (Å²) in [5, 5.41) is 5.55. The molecule has 34 heavy (non-hydrogen) atoms. The van der Waals surface area contributed by atoms with Crippen LogP contribution in [-0.4, -0.2) is 37.2 Å². The second-order valence-corrected chi connectivity index (χ2v) is 8.19. The van der Waals surface area contributed by atoms with E-state index < -0.39 is 11.8 Å². The molecule has 9 heteroatoms. The molecule has 0 aliphatic carbocycles. The number of amides is 4. The average molecular weight is 483 g/mol. The zero-order valence-corrected chi connectivity index (χ0v) is 19.3. The molecule has 1 saturated heterocycles. The molecule has 3 aromatic carbocycles. The second-order valence-electron chi connectivity index (χ2n) is 7.78. The van der Waals surface area contributed by atoms with Gasteiger partial charge in [-0.05, 0) is 48.9 Å². The van der Waals surface area contributed by atoms with Crippen LogP contribution in [0.15, 0.2) is 66.7 Å². The molecule has 1 aliphatic heterocycles. The van der Waals surface area contributed by atoms with Crippen LogP contribution in [0.2, 0.25) is 5.02 Å². The van der Waals surface area contributed by atoms with Gasteiger partial charge >= 0.3 is 12.1 Å². The molecule has 4 amide bonds. The molecule has 1 heterocycles. The fourth-order valence-corrected chi connectivity index (χ4v) is 3.96. The molecule has 3 aromatic rings. The van der Waals surface area contributed by atoms with Crippen molar-refractivity contribution in [2.45, 2.75) is 13.0 Å². The van der Waals surface area contributed by atoms with E-state index in [1.807, 2.05) is 0 Å². The van der Waals surface area contributed by atoms with Gasteiger partial charge in [0.25, 0.3) is 0 Å². The molecule has 1 aliphatic rings. The van der Waals surface area contributed by atoms with Crippen molar-refractivity contribution >= 4 is 40.7 Å². The second kappa shape index (κ2) is 10.4. The Labute approximate surface area is 202 Å². The number of nitrogens with zero attached hydrogens (tertiary/aromatic N) is 2. The molecule has 4 rings (SSSR count). The normalized spacial score (nSPS) is 13.6. The summed E-state index contributed by atoms with van der Waals surface area (Å²) in [6.45, 7) is 1.23. The minimum absolute atomic E-state index is 0.0392. The highest BCUT2D eigenvalue weighted by Crippen LogP contribution is 2.25. The van der Waals surface area contributed by atoms with Crippen LogP contribution in [0.5, 0.6) is 5.75 Å². The van der Waals surface area contributed by atoms with Gasteiger partial charge in [-0.3, -0.25) is 4.90 Å². The predicted molar refractivity (Wildman–Crippen MR) is 131 cm³/mol. The lowest BCUT2D eigenvalue weighted by Gasteiger charge is -2.35. The topological polar surface area (TPSA) is 73.9 Å². The van der Waals surface area contributed by atoms with Crippen molar-refractivity contribution < 1.29 is 18.7 Å². The van der Waals surface area contributed by atoms with E-state index >= 15 is 0 Å². The van der Waals surface area contributed by atoms with Crippen LogP contribution in [0.1, 0.15) is 12.0 Å². The minimum Gasteiger partial charge on any atom is -0.497 e. The van der Waals surface area contributed by atoms with E-state index in [9.17, 15) is 14.0 Å². The van der Waals surface area contributed by atoms with Gasteiger partial charge in [0.2, 0.25) is 0 Å². The number of halogens is 2. The molecule has 0 spiro atoms. The number of carbonyl (C=O) groups is 2. The lowest BCUT2D eigenvalue weighted by Crippen LogP contribution is -2.49. The van der Waals surface area contributed by atoms with E-state index in [-0.39, 0.29) is 17.6 Å². The van der Waals surface area contributed by atoms with Crippen molar-refractivity contribution in [1.82, 2.24) is 4.90 Å². The maximum Gasteiger partial charge on any atom is 0.324 e. The molecular formula is C25H24ClFN4O3. The Kier molecular flexibility index (Phi) is 7.18. The summed E-state index contributed by atoms with van der Waals surface area (Å²) in [5.74, 6) is 0.136. The van der Waals surface area contributed by atoms with Crippen LogP contribution in [0.25, 0.3) is 0 Å². The van der Waals surface area contributed by atoms with Crippen molar-refractivity contribution in [2.75, 3.05) is 35.7 Å². The van der Waals surface area contributed by atoms with Crippen molar-refractivity contribution in [3.05, 3.63) is 83.1 Å². The van der Waals surface area contributed by atoms with E-state index in [1.165, 1.54) is 6.07 Å². The first-order valence-corrected chi connectivity index (χ1v) is 11.1. The summed E-state index contributed by atoms with van der Waals surface area (Å²) in [4.78, 5) is 28.6. The molecule has 0 atom stereocenters. The number of ether oxygens (including phenoxy) is 1. The Hall–Kier alpha value is -3.78. The summed E-state index contributed by atoms with van der Waals surface area (Å²) < 4.78 is 19.5. The van der Waals surface area contributed by atoms with E-state index in [2.05, 4.69) is 10.6 Å². The van der Waals surface area contributed by atoms with Crippen LogP contribution < -0.4 is 20.3 Å². The Balaban J connectivity index is 1.39. The molecule has 7 nitrogen and oxygen atoms in total. The van der Waals surface area contributed by atoms with Gasteiger partial charge in [0.1, 0.15) is 11.6 Å². The Morgan fingerprint density at radius 1 is 1.03 bits per heavy atom. The van der Waals surface area contributed by atoms with Crippen molar-refractivity contribution in [3.63, 3.8) is 0 Å². The maximum absolute atomic E-state index is 14.3. The van der Waals surface area contributed by atoms with Gasteiger partial charge in [0.15, 0.2) is 0 Å². The Morgan fingerprint density at radius 3 is 2.53 bits per heavy atom. The average Bonchev–Trinajstić information content (AvgIpc) is 2.84. The van der Waals surface area contributed by atoms with Gasteiger partial charge in [-0.15, -0.1) is 0 Å². The maximum atomic E-state index is 14.3. The largest absolute Gasteiger partial charge is 0.497 e. The summed E-state index contributed by atoms with van der Waals surface area (Å²) in [5.41, 5.74) is 2.25. The van der Waals surface area contributed by atoms with Gasteiger partial charge in [0, 0.05) is 41.8 Å². The number of urea groups is 2. The van der Waals surface area contributed by atoms with Gasteiger partial charge in [-0.2, -0.15) is 0 Å². The van der Waals surface area contributed by atoms with Crippen molar-refractivity contribution in [3.8, 4) is 5.75 Å². The summed E-state index contributed by atoms with van der Waals surface area (Å²) >= 11 is 5.87. The highest BCUT2D eigenvalue weighted by Gasteiger charge is 2.27. The number of methoxy groups -OCH3 is 1. The van der Waals surface area contributed by atoms with Gasteiger partial charge < -0.3 is 20.3 Å². The molecule has 0 radical (unpaired) electrons. The van der Waals surface area contributed by atoms with Gasteiger partial charge in [-0.25, -0.2) is 14.0 Å². The highest BCUT2D eigenvalue weighted by atomic mass is 35.5. The number of nitrogens with one attached hydrogen (secondary N) is 2. The zero-order valence-electron chi connectivity index (χ0n) is 18.6.